The van der Waals surface area contributed by atoms with Gasteiger partial charge >= 0.3 is 0 Å². The second-order valence-electron chi connectivity index (χ2n) is 6.37. The lowest BCUT2D eigenvalue weighted by atomic mass is 10.1. The largest absolute Gasteiger partial charge is 0.335 e. The van der Waals surface area contributed by atoms with Gasteiger partial charge < -0.3 is 4.57 Å². The lowest BCUT2D eigenvalue weighted by Gasteiger charge is -2.24. The fraction of sp³-hybridized carbons (Fsp3) is 0.278. The highest BCUT2D eigenvalue weighted by Crippen LogP contribution is 2.34. The van der Waals surface area contributed by atoms with Crippen molar-refractivity contribution >= 4 is 21.8 Å². The van der Waals surface area contributed by atoms with Gasteiger partial charge in [-0.2, -0.15) is 5.26 Å². The average molecular weight is 262 g/mol. The van der Waals surface area contributed by atoms with Gasteiger partial charge in [0.25, 0.3) is 0 Å². The smallest absolute Gasteiger partial charge is 0.0991 e. The Kier molecular flexibility index (Phi) is 2.62. The number of hydrogen-bond donors (Lipinski definition) is 0. The number of aryl methyl sites for hydroxylation is 1. The highest BCUT2D eigenvalue weighted by Gasteiger charge is 2.20. The highest BCUT2D eigenvalue weighted by molar-refractivity contribution is 6.08. The fourth-order valence-corrected chi connectivity index (χ4v) is 2.93. The van der Waals surface area contributed by atoms with Crippen LogP contribution in [0.15, 0.2) is 36.4 Å². The number of nitrogens with zero attached hydrogens (tertiary/aromatic N) is 2. The van der Waals surface area contributed by atoms with E-state index >= 15 is 0 Å². The van der Waals surface area contributed by atoms with Crippen molar-refractivity contribution in [1.82, 2.24) is 4.57 Å². The summed E-state index contributed by atoms with van der Waals surface area (Å²) in [6.07, 6.45) is 0. The molecule has 2 aromatic carbocycles. The van der Waals surface area contributed by atoms with Gasteiger partial charge in [-0.05, 0) is 58.0 Å². The lowest BCUT2D eigenvalue weighted by Crippen LogP contribution is -2.21. The Labute approximate surface area is 119 Å². The Bertz CT molecular complexity index is 855. The summed E-state index contributed by atoms with van der Waals surface area (Å²) >= 11 is 0. The van der Waals surface area contributed by atoms with Gasteiger partial charge in [0.1, 0.15) is 0 Å². The third-order valence-corrected chi connectivity index (χ3v) is 3.72. The summed E-state index contributed by atoms with van der Waals surface area (Å²) in [4.78, 5) is 0. The normalized spacial score (nSPS) is 11.9. The van der Waals surface area contributed by atoms with Crippen LogP contribution in [0.5, 0.6) is 0 Å². The van der Waals surface area contributed by atoms with Gasteiger partial charge in [-0.15, -0.1) is 0 Å². The summed E-state index contributed by atoms with van der Waals surface area (Å²) in [6, 6.07) is 14.7. The third kappa shape index (κ3) is 1.78. The highest BCUT2D eigenvalue weighted by atomic mass is 15.0. The number of fused-ring (bicyclic) bond motifs is 3. The molecule has 3 aromatic rings. The Balaban J connectivity index is 2.57. The molecule has 100 valence electrons. The molecule has 0 unspecified atom stereocenters. The summed E-state index contributed by atoms with van der Waals surface area (Å²) in [5.41, 5.74) is 4.38. The molecule has 0 fully saturated rings. The van der Waals surface area contributed by atoms with Crippen molar-refractivity contribution in [3.05, 3.63) is 47.5 Å². The minimum Gasteiger partial charge on any atom is -0.335 e. The maximum atomic E-state index is 9.13. The molecule has 0 radical (unpaired) electrons. The van der Waals surface area contributed by atoms with Crippen molar-refractivity contribution in [3.8, 4) is 6.07 Å². The van der Waals surface area contributed by atoms with Crippen LogP contribution in [0, 0.1) is 18.3 Å². The summed E-state index contributed by atoms with van der Waals surface area (Å²) < 4.78 is 2.36. The van der Waals surface area contributed by atoms with Crippen LogP contribution in [0.2, 0.25) is 0 Å². The molecule has 0 aliphatic rings. The molecule has 1 aromatic heterocycles. The van der Waals surface area contributed by atoms with Gasteiger partial charge in [0.2, 0.25) is 0 Å². The van der Waals surface area contributed by atoms with E-state index in [1.165, 1.54) is 22.0 Å². The average Bonchev–Trinajstić information content (AvgIpc) is 2.71. The molecule has 0 saturated heterocycles. The van der Waals surface area contributed by atoms with E-state index < -0.39 is 0 Å². The first-order valence-corrected chi connectivity index (χ1v) is 6.87. The molecule has 0 spiro atoms. The second-order valence-corrected chi connectivity index (χ2v) is 6.37. The Hall–Kier alpha value is -2.27. The van der Waals surface area contributed by atoms with Crippen LogP contribution in [0.4, 0.5) is 0 Å². The van der Waals surface area contributed by atoms with Crippen molar-refractivity contribution in [2.45, 2.75) is 33.2 Å². The zero-order valence-electron chi connectivity index (χ0n) is 12.4. The van der Waals surface area contributed by atoms with Crippen LogP contribution in [-0.4, -0.2) is 4.57 Å². The second kappa shape index (κ2) is 4.11. The van der Waals surface area contributed by atoms with E-state index in [4.69, 9.17) is 5.26 Å². The van der Waals surface area contributed by atoms with Gasteiger partial charge in [0.05, 0.1) is 11.6 Å². The first-order valence-electron chi connectivity index (χ1n) is 6.87. The molecular weight excluding hydrogens is 244 g/mol. The van der Waals surface area contributed by atoms with E-state index in [2.05, 4.69) is 62.6 Å². The topological polar surface area (TPSA) is 28.7 Å². The molecule has 2 nitrogen and oxygen atoms in total. The molecule has 20 heavy (non-hydrogen) atoms. The molecule has 0 bridgehead atoms. The van der Waals surface area contributed by atoms with E-state index in [0.717, 1.165) is 5.39 Å². The standard InChI is InChI=1S/C18H18N2/c1-12-5-7-16-14(9-12)15-10-13(11-19)6-8-17(15)20(16)18(2,3)4/h5-10H,1-4H3. The molecule has 0 saturated carbocycles. The number of rotatable bonds is 0. The van der Waals surface area contributed by atoms with Crippen LogP contribution < -0.4 is 0 Å². The lowest BCUT2D eigenvalue weighted by molar-refractivity contribution is 0.423. The quantitative estimate of drug-likeness (QED) is 0.575. The Morgan fingerprint density at radius 3 is 2.15 bits per heavy atom. The first-order chi connectivity index (χ1) is 9.41. The van der Waals surface area contributed by atoms with Gasteiger partial charge in [0.15, 0.2) is 0 Å². The molecular formula is C18H18N2. The summed E-state index contributed by atoms with van der Waals surface area (Å²) in [5, 5.41) is 11.5. The summed E-state index contributed by atoms with van der Waals surface area (Å²) in [5.74, 6) is 0. The third-order valence-electron chi connectivity index (χ3n) is 3.72. The van der Waals surface area contributed by atoms with E-state index in [1.54, 1.807) is 0 Å². The van der Waals surface area contributed by atoms with Crippen LogP contribution in [0.1, 0.15) is 31.9 Å². The van der Waals surface area contributed by atoms with Crippen molar-refractivity contribution in [1.29, 1.82) is 5.26 Å². The maximum Gasteiger partial charge on any atom is 0.0991 e. The molecule has 1 heterocycles. The number of nitriles is 1. The van der Waals surface area contributed by atoms with E-state index in [9.17, 15) is 0 Å². The van der Waals surface area contributed by atoms with Crippen molar-refractivity contribution in [2.24, 2.45) is 0 Å². The molecule has 3 rings (SSSR count). The van der Waals surface area contributed by atoms with Gasteiger partial charge in [-0.1, -0.05) is 11.6 Å². The number of hydrogen-bond acceptors (Lipinski definition) is 1. The molecule has 2 heteroatoms. The Morgan fingerprint density at radius 2 is 1.55 bits per heavy atom. The number of aromatic nitrogens is 1. The maximum absolute atomic E-state index is 9.13. The van der Waals surface area contributed by atoms with E-state index in [0.29, 0.717) is 5.56 Å². The fourth-order valence-electron chi connectivity index (χ4n) is 2.93. The minimum atomic E-state index is 0.00339. The molecule has 0 aliphatic heterocycles. The van der Waals surface area contributed by atoms with Gasteiger partial charge in [-0.3, -0.25) is 0 Å². The van der Waals surface area contributed by atoms with E-state index in [1.807, 2.05) is 12.1 Å². The Morgan fingerprint density at radius 1 is 0.950 bits per heavy atom. The van der Waals surface area contributed by atoms with E-state index in [-0.39, 0.29) is 5.54 Å². The molecule has 0 atom stereocenters. The van der Waals surface area contributed by atoms with Crippen LogP contribution in [0.25, 0.3) is 21.8 Å². The van der Waals surface area contributed by atoms with Gasteiger partial charge in [-0.25, -0.2) is 0 Å². The van der Waals surface area contributed by atoms with Crippen LogP contribution in [0.3, 0.4) is 0 Å². The van der Waals surface area contributed by atoms with Gasteiger partial charge in [0, 0.05) is 27.3 Å². The zero-order valence-corrected chi connectivity index (χ0v) is 12.4. The molecule has 0 aliphatic carbocycles. The predicted molar refractivity (Wildman–Crippen MR) is 83.9 cm³/mol. The number of benzene rings is 2. The first kappa shape index (κ1) is 12.7. The van der Waals surface area contributed by atoms with Crippen LogP contribution >= 0.6 is 0 Å². The van der Waals surface area contributed by atoms with Crippen LogP contribution in [-0.2, 0) is 5.54 Å². The monoisotopic (exact) mass is 262 g/mol. The van der Waals surface area contributed by atoms with Crippen molar-refractivity contribution in [2.75, 3.05) is 0 Å². The minimum absolute atomic E-state index is 0.00339. The molecule has 0 N–H and O–H groups in total. The summed E-state index contributed by atoms with van der Waals surface area (Å²) in [6.45, 7) is 8.74. The summed E-state index contributed by atoms with van der Waals surface area (Å²) in [7, 11) is 0. The predicted octanol–water partition coefficient (Wildman–Crippen LogP) is 4.73. The SMILES string of the molecule is Cc1ccc2c(c1)c1cc(C#N)ccc1n2C(C)(C)C. The molecule has 0 amide bonds. The van der Waals surface area contributed by atoms with Crippen molar-refractivity contribution in [3.63, 3.8) is 0 Å². The zero-order chi connectivity index (χ0) is 14.5. The van der Waals surface area contributed by atoms with Crippen molar-refractivity contribution < 1.29 is 0 Å².